The second-order valence-electron chi connectivity index (χ2n) is 6.75. The van der Waals surface area contributed by atoms with Crippen LogP contribution in [-0.4, -0.2) is 18.9 Å². The Kier molecular flexibility index (Phi) is 4.61. The molecule has 0 unspecified atom stereocenters. The molecule has 2 aromatic rings. The number of nitrogens with one attached hydrogen (secondary N) is 1. The largest absolute Gasteiger partial charge is 0.496 e. The Labute approximate surface area is 153 Å². The van der Waals surface area contributed by atoms with Crippen LogP contribution in [0.2, 0.25) is 0 Å². The van der Waals surface area contributed by atoms with E-state index >= 15 is 0 Å². The van der Waals surface area contributed by atoms with E-state index in [0.29, 0.717) is 37.3 Å². The van der Waals surface area contributed by atoms with Gasteiger partial charge in [-0.3, -0.25) is 4.79 Å². The van der Waals surface area contributed by atoms with Gasteiger partial charge in [0.25, 0.3) is 6.02 Å². The third-order valence-corrected chi connectivity index (χ3v) is 4.76. The van der Waals surface area contributed by atoms with E-state index in [-0.39, 0.29) is 0 Å². The molecule has 2 aromatic carbocycles. The summed E-state index contributed by atoms with van der Waals surface area (Å²) in [5.41, 5.74) is 4.00. The highest BCUT2D eigenvalue weighted by molar-refractivity contribution is 5.85. The lowest BCUT2D eigenvalue weighted by molar-refractivity contribution is -0.119. The number of Topliss-reactive ketones (excluding diaryl/α,β-unsaturated/α-hetero) is 1. The minimum Gasteiger partial charge on any atom is -0.496 e. The van der Waals surface area contributed by atoms with Crippen LogP contribution in [-0.2, 0) is 29.1 Å². The van der Waals surface area contributed by atoms with Crippen LogP contribution in [0.1, 0.15) is 29.5 Å². The van der Waals surface area contributed by atoms with Crippen molar-refractivity contribution in [1.29, 1.82) is 0 Å². The van der Waals surface area contributed by atoms with Gasteiger partial charge in [0.05, 0.1) is 12.8 Å². The summed E-state index contributed by atoms with van der Waals surface area (Å²) in [6.07, 6.45) is 2.62. The number of para-hydroxylation sites is 1. The Hall–Kier alpha value is -2.82. The maximum Gasteiger partial charge on any atom is 0.290 e. The molecule has 0 radical (unpaired) electrons. The van der Waals surface area contributed by atoms with Crippen molar-refractivity contribution in [3.8, 4) is 5.75 Å². The van der Waals surface area contributed by atoms with Gasteiger partial charge in [0.2, 0.25) is 0 Å². The molecule has 1 fully saturated rings. The molecule has 0 spiro atoms. The molecule has 0 bridgehead atoms. The first-order valence-corrected chi connectivity index (χ1v) is 8.94. The van der Waals surface area contributed by atoms with E-state index in [9.17, 15) is 4.79 Å². The number of benzene rings is 2. The Bertz CT molecular complexity index is 856. The number of fused-ring (bicyclic) bond motifs is 1. The SMILES string of the molecule is COc1ccccc1CNC1=Nc2ccc(CC(=O)C3CC3)cc2CO1. The lowest BCUT2D eigenvalue weighted by Crippen LogP contribution is -2.27. The molecule has 1 saturated carbocycles. The van der Waals surface area contributed by atoms with Gasteiger partial charge in [0.1, 0.15) is 18.1 Å². The number of amidine groups is 1. The van der Waals surface area contributed by atoms with Crippen LogP contribution in [0.5, 0.6) is 5.75 Å². The molecule has 1 heterocycles. The maximum atomic E-state index is 12.0. The number of ketones is 1. The quantitative estimate of drug-likeness (QED) is 0.866. The maximum absolute atomic E-state index is 12.0. The fourth-order valence-electron chi connectivity index (χ4n) is 3.12. The number of carbonyl (C=O) groups is 1. The lowest BCUT2D eigenvalue weighted by Gasteiger charge is -2.19. The number of ether oxygens (including phenoxy) is 2. The Morgan fingerprint density at radius 1 is 1.27 bits per heavy atom. The zero-order valence-corrected chi connectivity index (χ0v) is 14.8. The predicted octanol–water partition coefficient (Wildman–Crippen LogP) is 3.52. The van der Waals surface area contributed by atoms with Gasteiger partial charge < -0.3 is 14.8 Å². The van der Waals surface area contributed by atoms with E-state index in [1.54, 1.807) is 7.11 Å². The Balaban J connectivity index is 1.42. The van der Waals surface area contributed by atoms with Gasteiger partial charge in [-0.15, -0.1) is 0 Å². The van der Waals surface area contributed by atoms with Gasteiger partial charge in [-0.2, -0.15) is 4.99 Å². The van der Waals surface area contributed by atoms with E-state index in [2.05, 4.69) is 10.3 Å². The van der Waals surface area contributed by atoms with Gasteiger partial charge in [-0.1, -0.05) is 24.3 Å². The second kappa shape index (κ2) is 7.20. The minimum atomic E-state index is 0.297. The fraction of sp³-hybridized carbons (Fsp3) is 0.333. The number of rotatable bonds is 6. The molecule has 0 amide bonds. The van der Waals surface area contributed by atoms with Crippen molar-refractivity contribution >= 4 is 17.5 Å². The lowest BCUT2D eigenvalue weighted by atomic mass is 10.0. The summed E-state index contributed by atoms with van der Waals surface area (Å²) in [6, 6.07) is 14.4. The average molecular weight is 350 g/mol. The number of hydrogen-bond donors (Lipinski definition) is 1. The Morgan fingerprint density at radius 2 is 2.12 bits per heavy atom. The predicted molar refractivity (Wildman–Crippen MR) is 99.6 cm³/mol. The fourth-order valence-corrected chi connectivity index (χ4v) is 3.12. The molecule has 0 saturated heterocycles. The number of carbonyl (C=O) groups excluding carboxylic acids is 1. The monoisotopic (exact) mass is 350 g/mol. The van der Waals surface area contributed by atoms with Crippen molar-refractivity contribution in [2.24, 2.45) is 10.9 Å². The molecule has 0 atom stereocenters. The molecule has 5 heteroatoms. The standard InChI is InChI=1S/C21H22N2O3/c1-25-20-5-3-2-4-16(20)12-22-21-23-18-9-6-14(10-17(18)13-26-21)11-19(24)15-7-8-15/h2-6,9-10,15H,7-8,11-13H2,1H3,(H,22,23). The van der Waals surface area contributed by atoms with E-state index in [0.717, 1.165) is 41.0 Å². The topological polar surface area (TPSA) is 59.9 Å². The van der Waals surface area contributed by atoms with Crippen molar-refractivity contribution in [2.45, 2.75) is 32.4 Å². The van der Waals surface area contributed by atoms with Crippen LogP contribution in [0.3, 0.4) is 0 Å². The highest BCUT2D eigenvalue weighted by atomic mass is 16.5. The van der Waals surface area contributed by atoms with Gasteiger partial charge in [0, 0.05) is 30.0 Å². The molecule has 1 N–H and O–H groups in total. The number of nitrogens with zero attached hydrogens (tertiary/aromatic N) is 1. The normalized spacial score (nSPS) is 15.5. The molecule has 26 heavy (non-hydrogen) atoms. The molecule has 2 aliphatic rings. The Morgan fingerprint density at radius 3 is 2.92 bits per heavy atom. The van der Waals surface area contributed by atoms with Crippen LogP contribution in [0.25, 0.3) is 0 Å². The molecule has 1 aliphatic heterocycles. The summed E-state index contributed by atoms with van der Waals surface area (Å²) < 4.78 is 11.1. The summed E-state index contributed by atoms with van der Waals surface area (Å²) in [7, 11) is 1.66. The summed E-state index contributed by atoms with van der Waals surface area (Å²) in [6.45, 7) is 1.03. The van der Waals surface area contributed by atoms with Gasteiger partial charge in [-0.25, -0.2) is 0 Å². The first kappa shape index (κ1) is 16.6. The van der Waals surface area contributed by atoms with E-state index in [1.165, 1.54) is 0 Å². The molecule has 1 aliphatic carbocycles. The molecular formula is C21H22N2O3. The van der Waals surface area contributed by atoms with Crippen LogP contribution in [0.4, 0.5) is 5.69 Å². The molecule has 4 rings (SSSR count). The number of hydrogen-bond acceptors (Lipinski definition) is 5. The number of methoxy groups -OCH3 is 1. The van der Waals surface area contributed by atoms with Gasteiger partial charge in [0.15, 0.2) is 0 Å². The van der Waals surface area contributed by atoms with Crippen LogP contribution in [0, 0.1) is 5.92 Å². The first-order chi connectivity index (χ1) is 12.7. The average Bonchev–Trinajstić information content (AvgIpc) is 3.52. The zero-order valence-electron chi connectivity index (χ0n) is 14.8. The highest BCUT2D eigenvalue weighted by Gasteiger charge is 2.29. The van der Waals surface area contributed by atoms with Crippen molar-refractivity contribution < 1.29 is 14.3 Å². The number of aliphatic imine (C=N–C) groups is 1. The summed E-state index contributed by atoms with van der Waals surface area (Å²) in [5, 5.41) is 3.22. The molecule has 134 valence electrons. The van der Waals surface area contributed by atoms with Crippen LogP contribution >= 0.6 is 0 Å². The minimum absolute atomic E-state index is 0.297. The van der Waals surface area contributed by atoms with Crippen molar-refractivity contribution in [3.05, 3.63) is 59.2 Å². The summed E-state index contributed by atoms with van der Waals surface area (Å²) in [4.78, 5) is 16.5. The van der Waals surface area contributed by atoms with Gasteiger partial charge in [-0.05, 0) is 36.6 Å². The van der Waals surface area contributed by atoms with Crippen LogP contribution < -0.4 is 10.1 Å². The van der Waals surface area contributed by atoms with Gasteiger partial charge >= 0.3 is 0 Å². The van der Waals surface area contributed by atoms with Crippen LogP contribution in [0.15, 0.2) is 47.5 Å². The third-order valence-electron chi connectivity index (χ3n) is 4.76. The smallest absolute Gasteiger partial charge is 0.290 e. The van der Waals surface area contributed by atoms with E-state index < -0.39 is 0 Å². The first-order valence-electron chi connectivity index (χ1n) is 8.94. The van der Waals surface area contributed by atoms with E-state index in [1.807, 2.05) is 42.5 Å². The summed E-state index contributed by atoms with van der Waals surface area (Å²) in [5.74, 6) is 1.48. The van der Waals surface area contributed by atoms with Crippen molar-refractivity contribution in [2.75, 3.05) is 7.11 Å². The van der Waals surface area contributed by atoms with Crippen molar-refractivity contribution in [3.63, 3.8) is 0 Å². The zero-order chi connectivity index (χ0) is 17.9. The highest BCUT2D eigenvalue weighted by Crippen LogP contribution is 2.32. The molecule has 0 aromatic heterocycles. The second-order valence-corrected chi connectivity index (χ2v) is 6.75. The summed E-state index contributed by atoms with van der Waals surface area (Å²) >= 11 is 0. The van der Waals surface area contributed by atoms with Crippen molar-refractivity contribution in [1.82, 2.24) is 5.32 Å². The van der Waals surface area contributed by atoms with E-state index in [4.69, 9.17) is 9.47 Å². The molecular weight excluding hydrogens is 328 g/mol. The third kappa shape index (κ3) is 3.72. The molecule has 5 nitrogen and oxygen atoms in total.